The van der Waals surface area contributed by atoms with Gasteiger partial charge in [-0.05, 0) is 0 Å². The van der Waals surface area contributed by atoms with E-state index >= 15 is 0 Å². The van der Waals surface area contributed by atoms with Crippen LogP contribution in [-0.2, 0) is 6.18 Å². The van der Waals surface area contributed by atoms with Gasteiger partial charge in [-0.2, -0.15) is 13.2 Å². The highest BCUT2D eigenvalue weighted by Gasteiger charge is 2.33. The van der Waals surface area contributed by atoms with E-state index < -0.39 is 17.8 Å². The molecule has 17 heavy (non-hydrogen) atoms. The van der Waals surface area contributed by atoms with Crippen molar-refractivity contribution >= 4 is 23.8 Å². The molecule has 2 N–H and O–H groups in total. The third-order valence-corrected chi connectivity index (χ3v) is 2.32. The van der Waals surface area contributed by atoms with Crippen molar-refractivity contribution in [1.82, 2.24) is 14.6 Å². The number of hydrogen-bond donors (Lipinski definition) is 2. The fourth-order valence-electron chi connectivity index (χ4n) is 1.28. The molecule has 5 nitrogen and oxygen atoms in total. The van der Waals surface area contributed by atoms with Gasteiger partial charge >= 0.3 is 12.1 Å². The topological polar surface area (TPSA) is 70.4 Å². The van der Waals surface area contributed by atoms with Crippen LogP contribution in [0.2, 0.25) is 0 Å². The number of halogens is 3. The Bertz CT molecular complexity index is 658. The molecule has 2 aromatic rings. The van der Waals surface area contributed by atoms with Gasteiger partial charge in [0.15, 0.2) is 5.65 Å². The summed E-state index contributed by atoms with van der Waals surface area (Å²) in [4.78, 5) is 14.0. The molecule has 0 atom stereocenters. The Balaban J connectivity index is 2.83. The number of carboxylic acids is 1. The first-order chi connectivity index (χ1) is 7.80. The fourth-order valence-corrected chi connectivity index (χ4v) is 1.53. The van der Waals surface area contributed by atoms with Crippen molar-refractivity contribution in [3.63, 3.8) is 0 Å². The first-order valence-electron chi connectivity index (χ1n) is 4.22. The normalized spacial score (nSPS) is 11.9. The molecule has 0 fully saturated rings. The number of carbonyl (C=O) groups is 1. The molecular weight excluding hydrogens is 259 g/mol. The predicted molar refractivity (Wildman–Crippen MR) is 52.3 cm³/mol. The van der Waals surface area contributed by atoms with Gasteiger partial charge in [0.2, 0.25) is 0 Å². The van der Waals surface area contributed by atoms with Crippen LogP contribution in [0.3, 0.4) is 0 Å². The summed E-state index contributed by atoms with van der Waals surface area (Å²) in [6.45, 7) is 0. The van der Waals surface area contributed by atoms with Crippen LogP contribution in [0.15, 0.2) is 12.3 Å². The lowest BCUT2D eigenvalue weighted by atomic mass is 10.3. The van der Waals surface area contributed by atoms with Crippen LogP contribution in [0.5, 0.6) is 0 Å². The molecule has 0 aliphatic rings. The van der Waals surface area contributed by atoms with Crippen LogP contribution in [0.4, 0.5) is 13.2 Å². The molecule has 0 bridgehead atoms. The number of aromatic amines is 1. The number of aromatic carboxylic acids is 1. The molecule has 2 heterocycles. The number of fused-ring (bicyclic) bond motifs is 1. The summed E-state index contributed by atoms with van der Waals surface area (Å²) in [6, 6.07) is 0.657. The van der Waals surface area contributed by atoms with E-state index in [1.165, 1.54) is 0 Å². The van der Waals surface area contributed by atoms with Gasteiger partial charge in [-0.3, -0.25) is 5.10 Å². The molecule has 90 valence electrons. The van der Waals surface area contributed by atoms with Gasteiger partial charge in [-0.15, -0.1) is 0 Å². The van der Waals surface area contributed by atoms with E-state index in [2.05, 4.69) is 10.1 Å². The van der Waals surface area contributed by atoms with Crippen LogP contribution in [-0.4, -0.2) is 25.7 Å². The Morgan fingerprint density at radius 1 is 1.53 bits per heavy atom. The van der Waals surface area contributed by atoms with Crippen LogP contribution in [0.25, 0.3) is 5.65 Å². The van der Waals surface area contributed by atoms with Crippen molar-refractivity contribution in [2.75, 3.05) is 0 Å². The highest BCUT2D eigenvalue weighted by atomic mass is 32.1. The maximum Gasteiger partial charge on any atom is 0.433 e. The highest BCUT2D eigenvalue weighted by molar-refractivity contribution is 7.71. The Kier molecular flexibility index (Phi) is 2.42. The van der Waals surface area contributed by atoms with Gasteiger partial charge in [0.25, 0.3) is 0 Å². The molecule has 0 aliphatic heterocycles. The van der Waals surface area contributed by atoms with E-state index in [1.54, 1.807) is 0 Å². The van der Waals surface area contributed by atoms with Crippen molar-refractivity contribution in [2.45, 2.75) is 6.18 Å². The zero-order chi connectivity index (χ0) is 12.8. The van der Waals surface area contributed by atoms with Gasteiger partial charge in [0, 0.05) is 12.3 Å². The van der Waals surface area contributed by atoms with Gasteiger partial charge in [0.1, 0.15) is 15.9 Å². The second-order valence-corrected chi connectivity index (χ2v) is 3.55. The Labute approximate surface area is 96.5 Å². The summed E-state index contributed by atoms with van der Waals surface area (Å²) < 4.78 is 38.2. The molecule has 0 aromatic carbocycles. The quantitative estimate of drug-likeness (QED) is 0.773. The summed E-state index contributed by atoms with van der Waals surface area (Å²) >= 11 is 4.71. The van der Waals surface area contributed by atoms with E-state index in [4.69, 9.17) is 17.3 Å². The Morgan fingerprint density at radius 3 is 2.71 bits per heavy atom. The summed E-state index contributed by atoms with van der Waals surface area (Å²) in [7, 11) is 0. The standard InChI is InChI=1S/C8H4F3N3O2S/c9-8(10,11)4-1-5(17)14-6(13-4)3(2-12-14)7(15)16/h1-2,12H,(H,15,16). The molecule has 2 aromatic heterocycles. The zero-order valence-corrected chi connectivity index (χ0v) is 8.76. The van der Waals surface area contributed by atoms with Crippen molar-refractivity contribution in [3.05, 3.63) is 28.2 Å². The lowest BCUT2D eigenvalue weighted by molar-refractivity contribution is -0.141. The molecule has 0 unspecified atom stereocenters. The number of hydrogen-bond acceptors (Lipinski definition) is 3. The molecule has 2 rings (SSSR count). The average Bonchev–Trinajstić information content (AvgIpc) is 2.60. The average molecular weight is 263 g/mol. The summed E-state index contributed by atoms with van der Waals surface area (Å²) in [5.74, 6) is -1.38. The van der Waals surface area contributed by atoms with E-state index in [0.29, 0.717) is 6.07 Å². The smallest absolute Gasteiger partial charge is 0.433 e. The maximum absolute atomic E-state index is 12.5. The minimum absolute atomic E-state index is 0.199. The Morgan fingerprint density at radius 2 is 2.18 bits per heavy atom. The van der Waals surface area contributed by atoms with E-state index in [0.717, 1.165) is 10.7 Å². The molecule has 0 aliphatic carbocycles. The lowest BCUT2D eigenvalue weighted by Gasteiger charge is -2.05. The van der Waals surface area contributed by atoms with Crippen molar-refractivity contribution in [3.8, 4) is 0 Å². The number of carboxylic acid groups (broad SMARTS) is 1. The van der Waals surface area contributed by atoms with Crippen molar-refractivity contribution in [1.29, 1.82) is 0 Å². The third-order valence-electron chi connectivity index (χ3n) is 2.02. The van der Waals surface area contributed by atoms with Crippen molar-refractivity contribution in [2.24, 2.45) is 0 Å². The molecule has 0 spiro atoms. The fraction of sp³-hybridized carbons (Fsp3) is 0.125. The number of rotatable bonds is 1. The second-order valence-electron chi connectivity index (χ2n) is 3.13. The number of aromatic nitrogens is 3. The van der Waals surface area contributed by atoms with Gasteiger partial charge < -0.3 is 5.11 Å². The first kappa shape index (κ1) is 11.6. The summed E-state index contributed by atoms with van der Waals surface area (Å²) in [5.41, 5.74) is -1.95. The minimum atomic E-state index is -4.67. The predicted octanol–water partition coefficient (Wildman–Crippen LogP) is 2.11. The first-order valence-corrected chi connectivity index (χ1v) is 4.63. The largest absolute Gasteiger partial charge is 0.477 e. The van der Waals surface area contributed by atoms with Crippen LogP contribution in [0, 0.1) is 4.64 Å². The molecular formula is C8H4F3N3O2S. The Hall–Kier alpha value is -1.90. The molecule has 0 saturated heterocycles. The molecule has 0 radical (unpaired) electrons. The zero-order valence-electron chi connectivity index (χ0n) is 7.95. The number of H-pyrrole nitrogens is 1. The molecule has 0 saturated carbocycles. The lowest BCUT2D eigenvalue weighted by Crippen LogP contribution is -2.10. The SMILES string of the molecule is O=C(O)c1c[nH]n2c(=S)cc(C(F)(F)F)nc12. The van der Waals surface area contributed by atoms with Gasteiger partial charge in [-0.25, -0.2) is 14.3 Å². The van der Waals surface area contributed by atoms with E-state index in [9.17, 15) is 18.0 Å². The van der Waals surface area contributed by atoms with Crippen LogP contribution in [0.1, 0.15) is 16.1 Å². The number of nitrogens with one attached hydrogen (secondary N) is 1. The minimum Gasteiger partial charge on any atom is -0.477 e. The van der Waals surface area contributed by atoms with Crippen molar-refractivity contribution < 1.29 is 23.1 Å². The number of nitrogens with zero attached hydrogens (tertiary/aromatic N) is 2. The van der Waals surface area contributed by atoms with Crippen LogP contribution < -0.4 is 0 Å². The second kappa shape index (κ2) is 3.55. The number of alkyl halides is 3. The summed E-state index contributed by atoms with van der Waals surface area (Å²) in [6.07, 6.45) is -3.64. The summed E-state index contributed by atoms with van der Waals surface area (Å²) in [5, 5.41) is 11.2. The van der Waals surface area contributed by atoms with Crippen LogP contribution >= 0.6 is 12.2 Å². The van der Waals surface area contributed by atoms with E-state index in [-0.39, 0.29) is 15.9 Å². The molecule has 9 heteroatoms. The molecule has 0 amide bonds. The highest BCUT2D eigenvalue weighted by Crippen LogP contribution is 2.28. The van der Waals surface area contributed by atoms with E-state index in [1.807, 2.05) is 0 Å². The monoisotopic (exact) mass is 263 g/mol. The van der Waals surface area contributed by atoms with Gasteiger partial charge in [-0.1, -0.05) is 12.2 Å². The maximum atomic E-state index is 12.5. The van der Waals surface area contributed by atoms with Gasteiger partial charge in [0.05, 0.1) is 0 Å². The third kappa shape index (κ3) is 1.88.